The number of carbonyl (C=O) groups is 1. The van der Waals surface area contributed by atoms with Crippen molar-refractivity contribution in [3.05, 3.63) is 35.4 Å². The van der Waals surface area contributed by atoms with Crippen LogP contribution in [0, 0.1) is 5.92 Å². The van der Waals surface area contributed by atoms with Crippen molar-refractivity contribution in [2.45, 2.75) is 97.0 Å². The molecule has 140 valence electrons. The highest BCUT2D eigenvalue weighted by Gasteiger charge is 2.34. The Morgan fingerprint density at radius 2 is 1.52 bits per heavy atom. The van der Waals surface area contributed by atoms with Gasteiger partial charge in [0.05, 0.1) is 5.92 Å². The Morgan fingerprint density at radius 1 is 0.880 bits per heavy atom. The molecule has 0 spiro atoms. The molecular formula is C23H36O2. The summed E-state index contributed by atoms with van der Waals surface area (Å²) < 4.78 is 5.65. The molecular weight excluding hydrogens is 308 g/mol. The number of ether oxygens (including phenoxy) is 1. The van der Waals surface area contributed by atoms with E-state index in [1.54, 1.807) is 0 Å². The molecule has 1 saturated heterocycles. The SMILES string of the molecule is CCCCCCCC1CC(c2ccc(CCCCCC)cc2)OC1=O. The number of rotatable bonds is 12. The maximum absolute atomic E-state index is 12.1. The van der Waals surface area contributed by atoms with E-state index >= 15 is 0 Å². The molecule has 1 aromatic rings. The van der Waals surface area contributed by atoms with Crippen molar-refractivity contribution in [2.24, 2.45) is 5.92 Å². The third-order valence-corrected chi connectivity index (χ3v) is 5.42. The maximum atomic E-state index is 12.1. The van der Waals surface area contributed by atoms with Crippen LogP contribution in [-0.4, -0.2) is 5.97 Å². The summed E-state index contributed by atoms with van der Waals surface area (Å²) in [7, 11) is 0. The zero-order valence-corrected chi connectivity index (χ0v) is 16.3. The summed E-state index contributed by atoms with van der Waals surface area (Å²) in [4.78, 5) is 12.1. The quantitative estimate of drug-likeness (QED) is 0.309. The second-order valence-electron chi connectivity index (χ2n) is 7.61. The van der Waals surface area contributed by atoms with Gasteiger partial charge in [-0.15, -0.1) is 0 Å². The highest BCUT2D eigenvalue weighted by molar-refractivity contribution is 5.74. The molecule has 25 heavy (non-hydrogen) atoms. The van der Waals surface area contributed by atoms with Crippen molar-refractivity contribution >= 4 is 5.97 Å². The van der Waals surface area contributed by atoms with Gasteiger partial charge in [0, 0.05) is 6.42 Å². The summed E-state index contributed by atoms with van der Waals surface area (Å²) >= 11 is 0. The highest BCUT2D eigenvalue weighted by Crippen LogP contribution is 2.36. The lowest BCUT2D eigenvalue weighted by Crippen LogP contribution is -2.06. The molecule has 1 heterocycles. The Morgan fingerprint density at radius 3 is 2.20 bits per heavy atom. The molecule has 2 nitrogen and oxygen atoms in total. The zero-order valence-electron chi connectivity index (χ0n) is 16.3. The van der Waals surface area contributed by atoms with Crippen molar-refractivity contribution in [3.8, 4) is 0 Å². The zero-order chi connectivity index (χ0) is 17.9. The van der Waals surface area contributed by atoms with Gasteiger partial charge in [-0.1, -0.05) is 89.5 Å². The first-order valence-electron chi connectivity index (χ1n) is 10.5. The number of esters is 1. The first kappa shape index (κ1) is 20.0. The molecule has 0 N–H and O–H groups in total. The van der Waals surface area contributed by atoms with E-state index in [1.165, 1.54) is 62.5 Å². The Kier molecular flexibility index (Phi) is 9.07. The van der Waals surface area contributed by atoms with Crippen molar-refractivity contribution in [3.63, 3.8) is 0 Å². The van der Waals surface area contributed by atoms with Gasteiger partial charge < -0.3 is 4.74 Å². The van der Waals surface area contributed by atoms with Crippen LogP contribution in [-0.2, 0) is 16.0 Å². The number of cyclic esters (lactones) is 1. The summed E-state index contributed by atoms with van der Waals surface area (Å²) in [6.45, 7) is 4.48. The highest BCUT2D eigenvalue weighted by atomic mass is 16.5. The van der Waals surface area contributed by atoms with Crippen molar-refractivity contribution < 1.29 is 9.53 Å². The lowest BCUT2D eigenvalue weighted by molar-refractivity contribution is -0.144. The van der Waals surface area contributed by atoms with Crippen LogP contribution in [0.3, 0.4) is 0 Å². The van der Waals surface area contributed by atoms with Crippen molar-refractivity contribution in [2.75, 3.05) is 0 Å². The summed E-state index contributed by atoms with van der Waals surface area (Å²) in [5, 5.41) is 0. The molecule has 0 radical (unpaired) electrons. The lowest BCUT2D eigenvalue weighted by atomic mass is 9.94. The first-order chi connectivity index (χ1) is 12.2. The van der Waals surface area contributed by atoms with Gasteiger partial charge in [0.1, 0.15) is 6.10 Å². The standard InChI is InChI=1S/C23H36O2/c1-3-5-7-9-11-13-21-18-22(25-23(21)24)20-16-14-19(15-17-20)12-10-8-6-4-2/h14-17,21-22H,3-13,18H2,1-2H3. The van der Waals surface area contributed by atoms with Crippen LogP contribution in [0.1, 0.15) is 102 Å². The molecule has 0 saturated carbocycles. The first-order valence-corrected chi connectivity index (χ1v) is 10.5. The van der Waals surface area contributed by atoms with E-state index in [-0.39, 0.29) is 18.0 Å². The van der Waals surface area contributed by atoms with E-state index in [1.807, 2.05) is 0 Å². The van der Waals surface area contributed by atoms with E-state index in [0.717, 1.165) is 25.7 Å². The molecule has 2 unspecified atom stereocenters. The third-order valence-electron chi connectivity index (χ3n) is 5.42. The molecule has 1 aliphatic rings. The summed E-state index contributed by atoms with van der Waals surface area (Å²) in [6, 6.07) is 8.76. The minimum atomic E-state index is -0.0257. The Balaban J connectivity index is 1.75. The smallest absolute Gasteiger partial charge is 0.309 e. The third kappa shape index (κ3) is 6.84. The van der Waals surface area contributed by atoms with Gasteiger partial charge in [0.2, 0.25) is 0 Å². The predicted molar refractivity (Wildman–Crippen MR) is 105 cm³/mol. The molecule has 1 fully saturated rings. The number of hydrogen-bond donors (Lipinski definition) is 0. The van der Waals surface area contributed by atoms with Gasteiger partial charge in [-0.3, -0.25) is 4.79 Å². The second kappa shape index (κ2) is 11.3. The fraction of sp³-hybridized carbons (Fsp3) is 0.696. The van der Waals surface area contributed by atoms with Gasteiger partial charge in [-0.05, 0) is 30.4 Å². The van der Waals surface area contributed by atoms with E-state index in [4.69, 9.17) is 4.74 Å². The van der Waals surface area contributed by atoms with Crippen molar-refractivity contribution in [1.29, 1.82) is 0 Å². The minimum absolute atomic E-state index is 0.0177. The van der Waals surface area contributed by atoms with Crippen LogP contribution in [0.2, 0.25) is 0 Å². The van der Waals surface area contributed by atoms with E-state index < -0.39 is 0 Å². The van der Waals surface area contributed by atoms with Crippen LogP contribution < -0.4 is 0 Å². The number of hydrogen-bond acceptors (Lipinski definition) is 2. The van der Waals surface area contributed by atoms with Gasteiger partial charge in [0.15, 0.2) is 0 Å². The molecule has 0 aromatic heterocycles. The molecule has 0 bridgehead atoms. The lowest BCUT2D eigenvalue weighted by Gasteiger charge is -2.10. The Hall–Kier alpha value is -1.31. The number of aryl methyl sites for hydroxylation is 1. The molecule has 1 aliphatic heterocycles. The largest absolute Gasteiger partial charge is 0.457 e. The van der Waals surface area contributed by atoms with Crippen LogP contribution in [0.4, 0.5) is 0 Å². The minimum Gasteiger partial charge on any atom is -0.457 e. The number of benzene rings is 1. The molecule has 0 aliphatic carbocycles. The molecule has 0 amide bonds. The summed E-state index contributed by atoms with van der Waals surface area (Å²) in [5.74, 6) is 0.129. The molecule has 1 aromatic carbocycles. The van der Waals surface area contributed by atoms with Gasteiger partial charge in [-0.2, -0.15) is 0 Å². The van der Waals surface area contributed by atoms with Crippen LogP contribution in [0.5, 0.6) is 0 Å². The average molecular weight is 345 g/mol. The van der Waals surface area contributed by atoms with Gasteiger partial charge >= 0.3 is 5.97 Å². The fourth-order valence-corrected chi connectivity index (χ4v) is 3.73. The topological polar surface area (TPSA) is 26.3 Å². The molecule has 2 atom stereocenters. The van der Waals surface area contributed by atoms with E-state index in [0.29, 0.717) is 0 Å². The number of unbranched alkanes of at least 4 members (excludes halogenated alkanes) is 7. The normalized spacial score (nSPS) is 20.0. The van der Waals surface area contributed by atoms with E-state index in [2.05, 4.69) is 38.1 Å². The van der Waals surface area contributed by atoms with Crippen molar-refractivity contribution in [1.82, 2.24) is 0 Å². The molecule has 2 heteroatoms. The van der Waals surface area contributed by atoms with Crippen LogP contribution >= 0.6 is 0 Å². The van der Waals surface area contributed by atoms with Gasteiger partial charge in [0.25, 0.3) is 0 Å². The predicted octanol–water partition coefficient (Wildman–Crippen LogP) is 6.77. The number of carbonyl (C=O) groups excluding carboxylic acids is 1. The average Bonchev–Trinajstić information content (AvgIpc) is 3.00. The second-order valence-corrected chi connectivity index (χ2v) is 7.61. The van der Waals surface area contributed by atoms with Crippen LogP contribution in [0.15, 0.2) is 24.3 Å². The van der Waals surface area contributed by atoms with Gasteiger partial charge in [-0.25, -0.2) is 0 Å². The molecule has 2 rings (SSSR count). The monoisotopic (exact) mass is 344 g/mol. The fourth-order valence-electron chi connectivity index (χ4n) is 3.73. The Bertz CT molecular complexity index is 491. The van der Waals surface area contributed by atoms with Crippen LogP contribution in [0.25, 0.3) is 0 Å². The van der Waals surface area contributed by atoms with E-state index in [9.17, 15) is 4.79 Å². The summed E-state index contributed by atoms with van der Waals surface area (Å²) in [6.07, 6.45) is 14.5. The maximum Gasteiger partial charge on any atom is 0.309 e. The Labute approximate surface area is 154 Å². The summed E-state index contributed by atoms with van der Waals surface area (Å²) in [5.41, 5.74) is 2.57.